The van der Waals surface area contributed by atoms with Crippen LogP contribution in [0.5, 0.6) is 0 Å². The van der Waals surface area contributed by atoms with E-state index in [2.05, 4.69) is 4.98 Å². The first kappa shape index (κ1) is 28.2. The van der Waals surface area contributed by atoms with E-state index >= 15 is 0 Å². The molecule has 1 aliphatic heterocycles. The van der Waals surface area contributed by atoms with Crippen molar-refractivity contribution in [3.8, 4) is 0 Å². The number of aromatic nitrogens is 1. The van der Waals surface area contributed by atoms with Gasteiger partial charge < -0.3 is 4.90 Å². The molecule has 0 N–H and O–H groups in total. The van der Waals surface area contributed by atoms with Crippen LogP contribution >= 0.6 is 0 Å². The zero-order valence-corrected chi connectivity index (χ0v) is 22.1. The quantitative estimate of drug-likeness (QED) is 0.201. The van der Waals surface area contributed by atoms with Crippen molar-refractivity contribution in [1.82, 2.24) is 9.29 Å². The third kappa shape index (κ3) is 5.10. The highest BCUT2D eigenvalue weighted by atomic mass is 32.2. The van der Waals surface area contributed by atoms with Crippen molar-refractivity contribution >= 4 is 21.6 Å². The largest absolute Gasteiger partial charge is 0.305 e. The lowest BCUT2D eigenvalue weighted by Gasteiger charge is -2.41. The summed E-state index contributed by atoms with van der Waals surface area (Å²) >= 11 is 0. The average Bonchev–Trinajstić information content (AvgIpc) is 2.94. The standard InChI is InChI=1S/C28H26F5N3O3S/c29-22-23(30)25(32)27(26(33)24(22)31)40(38,39)36-14-13-21(36)28(37)35(20-9-5-2-6-10-20)16-19-12-11-18(15-34-19)17-7-3-1-4-8-17/h2,5-6,9-12,15,17,21H,1,3-4,7-8,13-14,16H2/t21-/m1/s1. The molecule has 1 saturated carbocycles. The van der Waals surface area contributed by atoms with Crippen LogP contribution in [-0.4, -0.2) is 36.2 Å². The number of sulfonamides is 1. The third-order valence-corrected chi connectivity index (χ3v) is 9.50. The van der Waals surface area contributed by atoms with Crippen LogP contribution in [-0.2, 0) is 21.4 Å². The summed E-state index contributed by atoms with van der Waals surface area (Å²) in [5, 5.41) is 0. The van der Waals surface area contributed by atoms with Crippen LogP contribution in [0.4, 0.5) is 27.6 Å². The summed E-state index contributed by atoms with van der Waals surface area (Å²) in [5.74, 6) is -12.5. The van der Waals surface area contributed by atoms with Crippen molar-refractivity contribution in [3.05, 3.63) is 89.0 Å². The van der Waals surface area contributed by atoms with Crippen molar-refractivity contribution in [1.29, 1.82) is 0 Å². The number of halogens is 5. The highest BCUT2D eigenvalue weighted by Crippen LogP contribution is 2.35. The maximum Gasteiger partial charge on any atom is 0.249 e. The van der Waals surface area contributed by atoms with Crippen LogP contribution in [0.3, 0.4) is 0 Å². The lowest BCUT2D eigenvalue weighted by molar-refractivity contribution is -0.125. The Balaban J connectivity index is 1.43. The van der Waals surface area contributed by atoms with E-state index in [0.717, 1.165) is 31.2 Å². The van der Waals surface area contributed by atoms with Gasteiger partial charge in [0.25, 0.3) is 0 Å². The number of rotatable bonds is 7. The maximum absolute atomic E-state index is 14.4. The van der Waals surface area contributed by atoms with E-state index in [1.165, 1.54) is 11.3 Å². The van der Waals surface area contributed by atoms with Gasteiger partial charge in [-0.1, -0.05) is 43.5 Å². The minimum absolute atomic E-state index is 0.00909. The average molecular weight is 580 g/mol. The number of anilines is 1. The van der Waals surface area contributed by atoms with Gasteiger partial charge in [-0.2, -0.15) is 4.31 Å². The summed E-state index contributed by atoms with van der Waals surface area (Å²) in [5.41, 5.74) is 2.07. The van der Waals surface area contributed by atoms with E-state index in [1.54, 1.807) is 42.6 Å². The fourth-order valence-electron chi connectivity index (χ4n) is 5.28. The summed E-state index contributed by atoms with van der Waals surface area (Å²) in [7, 11) is -5.25. The molecule has 0 spiro atoms. The number of hydrogen-bond acceptors (Lipinski definition) is 4. The van der Waals surface area contributed by atoms with Crippen molar-refractivity contribution in [2.24, 2.45) is 0 Å². The molecule has 1 amide bonds. The molecule has 2 fully saturated rings. The number of amides is 1. The van der Waals surface area contributed by atoms with Gasteiger partial charge in [-0.25, -0.2) is 30.4 Å². The van der Waals surface area contributed by atoms with Crippen molar-refractivity contribution in [3.63, 3.8) is 0 Å². The molecule has 2 heterocycles. The highest BCUT2D eigenvalue weighted by molar-refractivity contribution is 7.89. The lowest BCUT2D eigenvalue weighted by Crippen LogP contribution is -2.59. The van der Waals surface area contributed by atoms with E-state index in [0.29, 0.717) is 21.6 Å². The topological polar surface area (TPSA) is 70.6 Å². The first-order valence-corrected chi connectivity index (χ1v) is 14.4. The number of pyridine rings is 1. The van der Waals surface area contributed by atoms with Gasteiger partial charge in [-0.15, -0.1) is 0 Å². The molecule has 12 heteroatoms. The molecule has 40 heavy (non-hydrogen) atoms. The van der Waals surface area contributed by atoms with Crippen LogP contribution in [0.25, 0.3) is 0 Å². The summed E-state index contributed by atoms with van der Waals surface area (Å²) in [4.78, 5) is 17.5. The Morgan fingerprint density at radius 2 is 1.48 bits per heavy atom. The second-order valence-electron chi connectivity index (χ2n) is 10.00. The summed E-state index contributed by atoms with van der Waals surface area (Å²) in [6, 6.07) is 10.7. The van der Waals surface area contributed by atoms with Crippen LogP contribution in [0.2, 0.25) is 0 Å². The fraction of sp³-hybridized carbons (Fsp3) is 0.357. The Hall–Kier alpha value is -3.38. The lowest BCUT2D eigenvalue weighted by atomic mass is 9.85. The van der Waals surface area contributed by atoms with Crippen molar-refractivity contribution in [2.45, 2.75) is 61.9 Å². The fourth-order valence-corrected chi connectivity index (χ4v) is 7.02. The molecule has 6 nitrogen and oxygen atoms in total. The Morgan fingerprint density at radius 3 is 2.02 bits per heavy atom. The monoisotopic (exact) mass is 579 g/mol. The minimum Gasteiger partial charge on any atom is -0.305 e. The molecule has 212 valence electrons. The smallest absolute Gasteiger partial charge is 0.249 e. The molecule has 1 aliphatic carbocycles. The Bertz CT molecular complexity index is 1490. The molecule has 2 aliphatic rings. The second-order valence-corrected chi connectivity index (χ2v) is 11.8. The zero-order valence-electron chi connectivity index (χ0n) is 21.3. The van der Waals surface area contributed by atoms with Gasteiger partial charge in [0.15, 0.2) is 28.2 Å². The van der Waals surface area contributed by atoms with Crippen molar-refractivity contribution in [2.75, 3.05) is 11.4 Å². The molecular formula is C28H26F5N3O3S. The number of nitrogens with zero attached hydrogens (tertiary/aromatic N) is 3. The Kier molecular flexibility index (Phi) is 7.92. The number of carbonyl (C=O) groups is 1. The third-order valence-electron chi connectivity index (χ3n) is 7.57. The van der Waals surface area contributed by atoms with Crippen molar-refractivity contribution < 1.29 is 35.2 Å². The second kappa shape index (κ2) is 11.2. The summed E-state index contributed by atoms with van der Waals surface area (Å²) in [6.07, 6.45) is 7.49. The van der Waals surface area contributed by atoms with Gasteiger partial charge >= 0.3 is 0 Å². The van der Waals surface area contributed by atoms with E-state index in [1.807, 2.05) is 6.07 Å². The number of benzene rings is 2. The van der Waals surface area contributed by atoms with E-state index in [9.17, 15) is 35.2 Å². The molecule has 1 aromatic heterocycles. The number of para-hydroxylation sites is 1. The molecule has 0 bridgehead atoms. The van der Waals surface area contributed by atoms with E-state index in [4.69, 9.17) is 0 Å². The van der Waals surface area contributed by atoms with Gasteiger partial charge in [0.05, 0.1) is 12.2 Å². The first-order valence-electron chi connectivity index (χ1n) is 13.0. The minimum atomic E-state index is -5.25. The molecule has 5 rings (SSSR count). The van der Waals surface area contributed by atoms with Crippen LogP contribution in [0, 0.1) is 29.1 Å². The molecule has 1 atom stereocenters. The van der Waals surface area contributed by atoms with Gasteiger partial charge in [0.2, 0.25) is 21.7 Å². The Labute approximate surface area is 228 Å². The first-order chi connectivity index (χ1) is 19.1. The Morgan fingerprint density at radius 1 is 0.850 bits per heavy atom. The normalized spacial score (nSPS) is 18.4. The molecule has 3 aromatic rings. The van der Waals surface area contributed by atoms with E-state index in [-0.39, 0.29) is 19.5 Å². The molecule has 1 saturated heterocycles. The predicted molar refractivity (Wildman–Crippen MR) is 136 cm³/mol. The van der Waals surface area contributed by atoms with Crippen LogP contribution in [0.1, 0.15) is 55.7 Å². The van der Waals surface area contributed by atoms with Gasteiger partial charge in [0, 0.05) is 18.4 Å². The molecular weight excluding hydrogens is 553 g/mol. The molecule has 0 unspecified atom stereocenters. The highest BCUT2D eigenvalue weighted by Gasteiger charge is 2.48. The van der Waals surface area contributed by atoms with Gasteiger partial charge in [-0.3, -0.25) is 9.78 Å². The molecule has 0 radical (unpaired) electrons. The molecule has 2 aromatic carbocycles. The number of hydrogen-bond donors (Lipinski definition) is 0. The van der Waals surface area contributed by atoms with Gasteiger partial charge in [-0.05, 0) is 48.9 Å². The van der Waals surface area contributed by atoms with E-state index < -0.39 is 56.0 Å². The maximum atomic E-state index is 14.4. The SMILES string of the molecule is O=C([C@H]1CCN1S(=O)(=O)c1c(F)c(F)c(F)c(F)c1F)N(Cc1ccc(C2CCCCC2)cn1)c1ccccc1. The van der Waals surface area contributed by atoms with Crippen LogP contribution in [0.15, 0.2) is 53.6 Å². The summed E-state index contributed by atoms with van der Waals surface area (Å²) < 4.78 is 96.5. The summed E-state index contributed by atoms with van der Waals surface area (Å²) in [6.45, 7) is -0.365. The predicted octanol–water partition coefficient (Wildman–Crippen LogP) is 5.82. The zero-order chi connectivity index (χ0) is 28.6. The van der Waals surface area contributed by atoms with Crippen LogP contribution < -0.4 is 4.90 Å². The number of carbonyl (C=O) groups excluding carboxylic acids is 1. The van der Waals surface area contributed by atoms with Gasteiger partial charge in [0.1, 0.15) is 6.04 Å².